The normalized spacial score (nSPS) is 10.9. The van der Waals surface area contributed by atoms with Crippen molar-refractivity contribution in [3.05, 3.63) is 99.9 Å². The minimum Gasteiger partial charge on any atom is -0.322 e. The highest BCUT2D eigenvalue weighted by Gasteiger charge is 2.11. The van der Waals surface area contributed by atoms with Gasteiger partial charge in [0, 0.05) is 32.6 Å². The summed E-state index contributed by atoms with van der Waals surface area (Å²) in [6.07, 6.45) is 3.24. The number of carbonyl (C=O) groups is 2. The fourth-order valence-electron chi connectivity index (χ4n) is 3.04. The Morgan fingerprint density at radius 3 is 2.60 bits per heavy atom. The molecule has 0 spiro atoms. The lowest BCUT2D eigenvalue weighted by Gasteiger charge is -2.06. The van der Waals surface area contributed by atoms with E-state index in [0.29, 0.717) is 26.6 Å². The molecule has 0 saturated carbocycles. The second-order valence-corrected chi connectivity index (χ2v) is 10.0. The van der Waals surface area contributed by atoms with Crippen LogP contribution in [0, 0.1) is 0 Å². The van der Waals surface area contributed by atoms with Gasteiger partial charge in [-0.25, -0.2) is 4.98 Å². The first-order valence-corrected chi connectivity index (χ1v) is 13.1. The maximum Gasteiger partial charge on any atom is 0.248 e. The molecular formula is C26H19Cl2N3O2S2. The number of hydrogen-bond donors (Lipinski definition) is 2. The Kier molecular flexibility index (Phi) is 8.60. The van der Waals surface area contributed by atoms with Gasteiger partial charge in [-0.3, -0.25) is 9.59 Å². The van der Waals surface area contributed by atoms with Gasteiger partial charge in [0.05, 0.1) is 16.5 Å². The lowest BCUT2D eigenvalue weighted by molar-refractivity contribution is -0.114. The summed E-state index contributed by atoms with van der Waals surface area (Å²) in [4.78, 5) is 30.0. The number of carbonyl (C=O) groups excluding carboxylic acids is 2. The fraction of sp³-hybridized carbons (Fsp3) is 0.0385. The van der Waals surface area contributed by atoms with Crippen LogP contribution >= 0.6 is 46.3 Å². The molecule has 1 heterocycles. The standard InChI is InChI=1S/C26H19Cl2N3O2S2/c27-18-10-11-21(22(28)13-18)23-15-35-26(30-23)31-25(33)16-34-20-8-4-7-19(14-20)29-24(32)12-9-17-5-2-1-3-6-17/h1-15H,16H2,(H,29,32)(H,30,31,33)/b12-9+. The van der Waals surface area contributed by atoms with Crippen LogP contribution in [0.3, 0.4) is 0 Å². The summed E-state index contributed by atoms with van der Waals surface area (Å²) in [5, 5.41) is 9.02. The van der Waals surface area contributed by atoms with Crippen LogP contribution in [0.5, 0.6) is 0 Å². The highest BCUT2D eigenvalue weighted by molar-refractivity contribution is 8.00. The molecular weight excluding hydrogens is 521 g/mol. The average molecular weight is 540 g/mol. The van der Waals surface area contributed by atoms with Crippen molar-refractivity contribution in [2.75, 3.05) is 16.4 Å². The molecule has 4 aromatic rings. The molecule has 0 saturated heterocycles. The van der Waals surface area contributed by atoms with Crippen molar-refractivity contribution < 1.29 is 9.59 Å². The van der Waals surface area contributed by atoms with E-state index in [9.17, 15) is 9.59 Å². The summed E-state index contributed by atoms with van der Waals surface area (Å²) < 4.78 is 0. The van der Waals surface area contributed by atoms with Crippen molar-refractivity contribution in [1.29, 1.82) is 0 Å². The summed E-state index contributed by atoms with van der Waals surface area (Å²) in [6.45, 7) is 0. The number of nitrogens with zero attached hydrogens (tertiary/aromatic N) is 1. The van der Waals surface area contributed by atoms with Gasteiger partial charge in [0.2, 0.25) is 11.8 Å². The van der Waals surface area contributed by atoms with Crippen LogP contribution in [0.4, 0.5) is 10.8 Å². The van der Waals surface area contributed by atoms with E-state index in [-0.39, 0.29) is 17.6 Å². The van der Waals surface area contributed by atoms with E-state index in [2.05, 4.69) is 15.6 Å². The van der Waals surface area contributed by atoms with Crippen LogP contribution in [0.1, 0.15) is 5.56 Å². The maximum absolute atomic E-state index is 12.4. The van der Waals surface area contributed by atoms with Gasteiger partial charge in [0.15, 0.2) is 5.13 Å². The highest BCUT2D eigenvalue weighted by Crippen LogP contribution is 2.32. The smallest absolute Gasteiger partial charge is 0.248 e. The van der Waals surface area contributed by atoms with Crippen molar-refractivity contribution in [1.82, 2.24) is 4.98 Å². The van der Waals surface area contributed by atoms with Crippen molar-refractivity contribution >= 4 is 75.0 Å². The van der Waals surface area contributed by atoms with Crippen LogP contribution in [0.15, 0.2) is 89.1 Å². The SMILES string of the molecule is O=C(/C=C/c1ccccc1)Nc1cccc(SCC(=O)Nc2nc(-c3ccc(Cl)cc3Cl)cs2)c1. The molecule has 5 nitrogen and oxygen atoms in total. The second kappa shape index (κ2) is 12.0. The number of halogens is 2. The minimum atomic E-state index is -0.228. The molecule has 176 valence electrons. The number of nitrogens with one attached hydrogen (secondary N) is 2. The number of amides is 2. The minimum absolute atomic E-state index is 0.182. The van der Waals surface area contributed by atoms with E-state index in [4.69, 9.17) is 23.2 Å². The number of thiazole rings is 1. The Bertz CT molecular complexity index is 1370. The van der Waals surface area contributed by atoms with Crippen molar-refractivity contribution in [3.8, 4) is 11.3 Å². The molecule has 9 heteroatoms. The Morgan fingerprint density at radius 2 is 1.80 bits per heavy atom. The lowest BCUT2D eigenvalue weighted by atomic mass is 10.2. The molecule has 3 aromatic carbocycles. The Labute approximate surface area is 221 Å². The van der Waals surface area contributed by atoms with Crippen molar-refractivity contribution in [2.24, 2.45) is 0 Å². The zero-order chi connectivity index (χ0) is 24.6. The molecule has 1 aromatic heterocycles. The number of hydrogen-bond acceptors (Lipinski definition) is 5. The molecule has 0 aliphatic rings. The van der Waals surface area contributed by atoms with Crippen LogP contribution < -0.4 is 10.6 Å². The van der Waals surface area contributed by atoms with E-state index in [0.717, 1.165) is 16.0 Å². The fourth-order valence-corrected chi connectivity index (χ4v) is 5.03. The Hall–Kier alpha value is -3.10. The first-order valence-electron chi connectivity index (χ1n) is 10.4. The molecule has 0 unspecified atom stereocenters. The lowest BCUT2D eigenvalue weighted by Crippen LogP contribution is -2.13. The van der Waals surface area contributed by atoms with Gasteiger partial charge < -0.3 is 10.6 Å². The topological polar surface area (TPSA) is 71.1 Å². The predicted molar refractivity (Wildman–Crippen MR) is 147 cm³/mol. The average Bonchev–Trinajstić information content (AvgIpc) is 3.30. The quantitative estimate of drug-likeness (QED) is 0.179. The van der Waals surface area contributed by atoms with Gasteiger partial charge in [-0.2, -0.15) is 0 Å². The molecule has 35 heavy (non-hydrogen) atoms. The zero-order valence-corrected chi connectivity index (χ0v) is 21.3. The van der Waals surface area contributed by atoms with Crippen LogP contribution in [-0.2, 0) is 9.59 Å². The van der Waals surface area contributed by atoms with Gasteiger partial charge in [0.1, 0.15) is 0 Å². The number of thioether (sulfide) groups is 1. The number of rotatable bonds is 8. The predicted octanol–water partition coefficient (Wildman–Crippen LogP) is 7.50. The van der Waals surface area contributed by atoms with Crippen LogP contribution in [0.25, 0.3) is 17.3 Å². The first-order chi connectivity index (χ1) is 17.0. The third-order valence-corrected chi connectivity index (χ3v) is 6.96. The molecule has 2 N–H and O–H groups in total. The molecule has 4 rings (SSSR count). The summed E-state index contributed by atoms with van der Waals surface area (Å²) in [5.41, 5.74) is 3.02. The van der Waals surface area contributed by atoms with E-state index in [1.807, 2.05) is 53.9 Å². The molecule has 0 bridgehead atoms. The molecule has 0 fully saturated rings. The van der Waals surface area contributed by atoms with E-state index >= 15 is 0 Å². The second-order valence-electron chi connectivity index (χ2n) is 7.26. The maximum atomic E-state index is 12.4. The Balaban J connectivity index is 1.29. The third-order valence-electron chi connectivity index (χ3n) is 4.66. The Morgan fingerprint density at radius 1 is 0.971 bits per heavy atom. The van der Waals surface area contributed by atoms with Gasteiger partial charge in [-0.05, 0) is 48.0 Å². The highest BCUT2D eigenvalue weighted by atomic mass is 35.5. The number of benzene rings is 3. The largest absolute Gasteiger partial charge is 0.322 e. The van der Waals surface area contributed by atoms with Gasteiger partial charge in [0.25, 0.3) is 0 Å². The zero-order valence-electron chi connectivity index (χ0n) is 18.2. The molecule has 0 atom stereocenters. The summed E-state index contributed by atoms with van der Waals surface area (Å²) >= 11 is 14.9. The van der Waals surface area contributed by atoms with Crippen LogP contribution in [-0.4, -0.2) is 22.6 Å². The van der Waals surface area contributed by atoms with Gasteiger partial charge in [-0.1, -0.05) is 59.6 Å². The van der Waals surface area contributed by atoms with Crippen molar-refractivity contribution in [2.45, 2.75) is 4.90 Å². The molecule has 2 amide bonds. The molecule has 0 aliphatic carbocycles. The molecule has 0 radical (unpaired) electrons. The van der Waals surface area contributed by atoms with Gasteiger partial charge >= 0.3 is 0 Å². The third kappa shape index (κ3) is 7.44. The van der Waals surface area contributed by atoms with E-state index in [1.54, 1.807) is 30.3 Å². The summed E-state index contributed by atoms with van der Waals surface area (Å²) in [6, 6.07) is 22.1. The summed E-state index contributed by atoms with van der Waals surface area (Å²) in [5.74, 6) is -0.213. The van der Waals surface area contributed by atoms with Crippen molar-refractivity contribution in [3.63, 3.8) is 0 Å². The summed E-state index contributed by atoms with van der Waals surface area (Å²) in [7, 11) is 0. The van der Waals surface area contributed by atoms with Gasteiger partial charge in [-0.15, -0.1) is 23.1 Å². The van der Waals surface area contributed by atoms with E-state index < -0.39 is 0 Å². The van der Waals surface area contributed by atoms with E-state index in [1.165, 1.54) is 29.2 Å². The van der Waals surface area contributed by atoms with Crippen LogP contribution in [0.2, 0.25) is 10.0 Å². The monoisotopic (exact) mass is 539 g/mol. The first kappa shape index (κ1) is 25.0. The number of aromatic nitrogens is 1. The number of anilines is 2. The molecule has 0 aliphatic heterocycles.